The van der Waals surface area contributed by atoms with Gasteiger partial charge in [-0.2, -0.15) is 21.1 Å². The lowest BCUT2D eigenvalue weighted by molar-refractivity contribution is 0.0997. The molecule has 0 unspecified atom stereocenters. The van der Waals surface area contributed by atoms with Crippen molar-refractivity contribution in [2.75, 3.05) is 33.3 Å². The maximum absolute atomic E-state index is 13.0. The van der Waals surface area contributed by atoms with Crippen LogP contribution in [-0.4, -0.2) is 62.5 Å². The third-order valence-corrected chi connectivity index (χ3v) is 9.09. The van der Waals surface area contributed by atoms with Crippen molar-refractivity contribution >= 4 is 49.2 Å². The number of carbonyl (C=O) groups is 1. The number of fused-ring (bicyclic) bond motifs is 1. The predicted molar refractivity (Wildman–Crippen MR) is 138 cm³/mol. The molecule has 0 saturated carbocycles. The van der Waals surface area contributed by atoms with Gasteiger partial charge >= 0.3 is 0 Å². The summed E-state index contributed by atoms with van der Waals surface area (Å²) in [5, 5.41) is 0. The van der Waals surface area contributed by atoms with Gasteiger partial charge in [0, 0.05) is 43.1 Å². The van der Waals surface area contributed by atoms with Crippen LogP contribution in [0.3, 0.4) is 0 Å². The Hall–Kier alpha value is -2.34. The Labute approximate surface area is 208 Å². The first kappa shape index (κ1) is 26.3. The molecule has 11 heteroatoms. The zero-order chi connectivity index (χ0) is 25.0. The van der Waals surface area contributed by atoms with Gasteiger partial charge in [-0.1, -0.05) is 11.3 Å². The number of sulfonamides is 1. The van der Waals surface area contributed by atoms with E-state index in [4.69, 9.17) is 9.47 Å². The number of amides is 1. The Bertz CT molecular complexity index is 1340. The Morgan fingerprint density at radius 1 is 1.15 bits per heavy atom. The second kappa shape index (κ2) is 10.9. The predicted octanol–water partition coefficient (Wildman–Crippen LogP) is 3.85. The third-order valence-electron chi connectivity index (χ3n) is 5.41. The van der Waals surface area contributed by atoms with Crippen molar-refractivity contribution < 1.29 is 22.7 Å². The Balaban J connectivity index is 2.03. The molecular formula is C23H29N3O5S3. The molecule has 3 rings (SSSR count). The normalized spacial score (nSPS) is 12.6. The van der Waals surface area contributed by atoms with Crippen LogP contribution in [0.25, 0.3) is 10.2 Å². The molecule has 0 aliphatic rings. The fraction of sp³-hybridized carbons (Fsp3) is 0.391. The molecule has 34 heavy (non-hydrogen) atoms. The lowest BCUT2D eigenvalue weighted by atomic mass is 10.2. The molecule has 0 fully saturated rings. The number of nitrogens with zero attached hydrogens (tertiary/aromatic N) is 3. The van der Waals surface area contributed by atoms with Crippen LogP contribution in [-0.2, 0) is 16.6 Å². The maximum atomic E-state index is 13.0. The second-order valence-corrected chi connectivity index (χ2v) is 11.8. The van der Waals surface area contributed by atoms with Gasteiger partial charge in [-0.25, -0.2) is 8.42 Å². The van der Waals surface area contributed by atoms with E-state index in [1.807, 2.05) is 23.0 Å². The van der Waals surface area contributed by atoms with Gasteiger partial charge in [0.15, 0.2) is 16.3 Å². The van der Waals surface area contributed by atoms with Gasteiger partial charge in [-0.3, -0.25) is 4.79 Å². The van der Waals surface area contributed by atoms with Crippen molar-refractivity contribution in [3.8, 4) is 11.5 Å². The van der Waals surface area contributed by atoms with Crippen LogP contribution in [0.4, 0.5) is 0 Å². The summed E-state index contributed by atoms with van der Waals surface area (Å²) in [6.45, 7) is 4.27. The molecule has 1 amide bonds. The first-order chi connectivity index (χ1) is 16.1. The van der Waals surface area contributed by atoms with E-state index < -0.39 is 15.9 Å². The number of thioether (sulfide) groups is 1. The number of hydrogen-bond acceptors (Lipinski definition) is 7. The lowest BCUT2D eigenvalue weighted by Gasteiger charge is -2.20. The molecule has 1 aromatic heterocycles. The SMILES string of the molecule is COc1cc2sc(=NC(=O)c3ccc(S(=O)(=O)N(C)C(C)C)cc3)n(CCSC)c2cc1OC. The molecule has 0 saturated heterocycles. The van der Waals surface area contributed by atoms with Crippen molar-refractivity contribution in [3.63, 3.8) is 0 Å². The van der Waals surface area contributed by atoms with Gasteiger partial charge in [0.2, 0.25) is 10.0 Å². The maximum Gasteiger partial charge on any atom is 0.279 e. The Morgan fingerprint density at radius 3 is 2.32 bits per heavy atom. The summed E-state index contributed by atoms with van der Waals surface area (Å²) in [4.78, 5) is 18.0. The fourth-order valence-electron chi connectivity index (χ4n) is 3.25. The van der Waals surface area contributed by atoms with Crippen LogP contribution in [0.1, 0.15) is 24.2 Å². The van der Waals surface area contributed by atoms with Crippen LogP contribution in [0, 0.1) is 0 Å². The molecule has 0 aliphatic carbocycles. The second-order valence-electron chi connectivity index (χ2n) is 7.76. The van der Waals surface area contributed by atoms with Gasteiger partial charge in [0.25, 0.3) is 5.91 Å². The average Bonchev–Trinajstić information content (AvgIpc) is 3.16. The Kier molecular flexibility index (Phi) is 8.45. The molecule has 0 spiro atoms. The lowest BCUT2D eigenvalue weighted by Crippen LogP contribution is -2.33. The zero-order valence-electron chi connectivity index (χ0n) is 20.1. The van der Waals surface area contributed by atoms with E-state index in [0.29, 0.717) is 28.4 Å². The highest BCUT2D eigenvalue weighted by molar-refractivity contribution is 7.98. The van der Waals surface area contributed by atoms with E-state index in [0.717, 1.165) is 16.0 Å². The van der Waals surface area contributed by atoms with E-state index in [-0.39, 0.29) is 10.9 Å². The molecule has 0 bridgehead atoms. The molecule has 3 aromatic rings. The largest absolute Gasteiger partial charge is 0.493 e. The number of aromatic nitrogens is 1. The van der Waals surface area contributed by atoms with E-state index in [1.54, 1.807) is 39.8 Å². The fourth-order valence-corrected chi connectivity index (χ4v) is 6.04. The van der Waals surface area contributed by atoms with E-state index in [9.17, 15) is 13.2 Å². The van der Waals surface area contributed by atoms with Gasteiger partial charge in [-0.15, -0.1) is 0 Å². The summed E-state index contributed by atoms with van der Waals surface area (Å²) in [5.41, 5.74) is 1.22. The van der Waals surface area contributed by atoms with E-state index >= 15 is 0 Å². The van der Waals surface area contributed by atoms with Gasteiger partial charge in [0.05, 0.1) is 29.3 Å². The quantitative estimate of drug-likeness (QED) is 0.423. The molecule has 2 aromatic carbocycles. The number of aryl methyl sites for hydroxylation is 1. The number of thiazole rings is 1. The summed E-state index contributed by atoms with van der Waals surface area (Å²) in [6.07, 6.45) is 2.02. The first-order valence-corrected chi connectivity index (χ1v) is 14.2. The third kappa shape index (κ3) is 5.32. The van der Waals surface area contributed by atoms with Crippen molar-refractivity contribution in [1.82, 2.24) is 8.87 Å². The van der Waals surface area contributed by atoms with Crippen molar-refractivity contribution in [3.05, 3.63) is 46.8 Å². The minimum Gasteiger partial charge on any atom is -0.493 e. The van der Waals surface area contributed by atoms with E-state index in [2.05, 4.69) is 4.99 Å². The number of rotatable bonds is 9. The topological polar surface area (TPSA) is 90.2 Å². The molecule has 0 radical (unpaired) electrons. The van der Waals surface area contributed by atoms with Crippen LogP contribution in [0.2, 0.25) is 0 Å². The smallest absolute Gasteiger partial charge is 0.279 e. The van der Waals surface area contributed by atoms with Crippen LogP contribution >= 0.6 is 23.1 Å². The number of carbonyl (C=O) groups excluding carboxylic acids is 1. The minimum absolute atomic E-state index is 0.135. The highest BCUT2D eigenvalue weighted by Crippen LogP contribution is 2.33. The molecule has 8 nitrogen and oxygen atoms in total. The summed E-state index contributed by atoms with van der Waals surface area (Å²) >= 11 is 3.09. The van der Waals surface area contributed by atoms with Crippen molar-refractivity contribution in [2.24, 2.45) is 4.99 Å². The number of benzene rings is 2. The average molecular weight is 524 g/mol. The van der Waals surface area contributed by atoms with Crippen molar-refractivity contribution in [1.29, 1.82) is 0 Å². The Morgan fingerprint density at radius 2 is 1.76 bits per heavy atom. The molecule has 0 atom stereocenters. The number of methoxy groups -OCH3 is 2. The molecular weight excluding hydrogens is 494 g/mol. The molecule has 184 valence electrons. The van der Waals surface area contributed by atoms with Crippen LogP contribution in [0.15, 0.2) is 46.3 Å². The molecule has 0 N–H and O–H groups in total. The number of hydrogen-bond donors (Lipinski definition) is 0. The van der Waals surface area contributed by atoms with Crippen molar-refractivity contribution in [2.45, 2.75) is 31.3 Å². The van der Waals surface area contributed by atoms with E-state index in [1.165, 1.54) is 47.0 Å². The highest BCUT2D eigenvalue weighted by atomic mass is 32.2. The molecule has 1 heterocycles. The highest BCUT2D eigenvalue weighted by Gasteiger charge is 2.23. The monoisotopic (exact) mass is 523 g/mol. The summed E-state index contributed by atoms with van der Waals surface area (Å²) < 4.78 is 40.4. The van der Waals surface area contributed by atoms with Gasteiger partial charge in [0.1, 0.15) is 0 Å². The zero-order valence-corrected chi connectivity index (χ0v) is 22.5. The minimum atomic E-state index is -3.62. The van der Waals surface area contributed by atoms with Crippen LogP contribution < -0.4 is 14.3 Å². The molecule has 0 aliphatic heterocycles. The van der Waals surface area contributed by atoms with Gasteiger partial charge in [-0.05, 0) is 44.4 Å². The summed E-state index contributed by atoms with van der Waals surface area (Å²) in [6, 6.07) is 9.47. The van der Waals surface area contributed by atoms with Gasteiger partial charge < -0.3 is 14.0 Å². The number of ether oxygens (including phenoxy) is 2. The standard InChI is InChI=1S/C23H29N3O5S3/c1-15(2)25(3)34(28,29)17-9-7-16(8-10-17)22(27)24-23-26(11-12-32-6)18-13-19(30-4)20(31-5)14-21(18)33-23/h7-10,13-15H,11-12H2,1-6H3. The first-order valence-electron chi connectivity index (χ1n) is 10.6. The van der Waals surface area contributed by atoms with Crippen LogP contribution in [0.5, 0.6) is 11.5 Å². The summed E-state index contributed by atoms with van der Waals surface area (Å²) in [7, 11) is 1.07. The summed E-state index contributed by atoms with van der Waals surface area (Å²) in [5.74, 6) is 1.61.